The zero-order valence-electron chi connectivity index (χ0n) is 24.6. The first-order valence-corrected chi connectivity index (χ1v) is 14.6. The first kappa shape index (κ1) is 29.8. The van der Waals surface area contributed by atoms with Crippen LogP contribution in [0, 0.1) is 0 Å². The Labute approximate surface area is 238 Å². The van der Waals surface area contributed by atoms with Crippen LogP contribution in [-0.2, 0) is 15.2 Å². The van der Waals surface area contributed by atoms with Crippen LogP contribution in [0.15, 0.2) is 69.2 Å². The van der Waals surface area contributed by atoms with E-state index in [0.717, 1.165) is 43.8 Å². The topological polar surface area (TPSA) is 100 Å². The monoisotopic (exact) mass is 548 g/mol. The van der Waals surface area contributed by atoms with E-state index in [1.165, 1.54) is 11.1 Å². The first-order chi connectivity index (χ1) is 19.3. The van der Waals surface area contributed by atoms with Gasteiger partial charge in [-0.05, 0) is 80.3 Å². The number of esters is 1. The Morgan fingerprint density at radius 2 is 1.85 bits per heavy atom. The second-order valence-corrected chi connectivity index (χ2v) is 11.1. The molecular formula is C31H44N6O3. The summed E-state index contributed by atoms with van der Waals surface area (Å²) >= 11 is 0. The van der Waals surface area contributed by atoms with Gasteiger partial charge >= 0.3 is 5.97 Å². The predicted molar refractivity (Wildman–Crippen MR) is 156 cm³/mol. The Bertz CT molecular complexity index is 1170. The summed E-state index contributed by atoms with van der Waals surface area (Å²) in [6, 6.07) is 17.5. The van der Waals surface area contributed by atoms with Crippen LogP contribution in [0.1, 0.15) is 82.4 Å². The van der Waals surface area contributed by atoms with Gasteiger partial charge in [0.15, 0.2) is 0 Å². The molecule has 9 nitrogen and oxygen atoms in total. The molecule has 0 aliphatic carbocycles. The normalized spacial score (nSPS) is 22.8. The minimum atomic E-state index is -0.849. The minimum absolute atomic E-state index is 0.107. The quantitative estimate of drug-likeness (QED) is 0.231. The van der Waals surface area contributed by atoms with E-state index < -0.39 is 5.66 Å². The number of methoxy groups -OCH3 is 1. The van der Waals surface area contributed by atoms with E-state index in [9.17, 15) is 4.79 Å². The lowest BCUT2D eigenvalue weighted by Crippen LogP contribution is -2.65. The molecule has 2 aromatic rings. The predicted octanol–water partition coefficient (Wildman–Crippen LogP) is 6.40. The van der Waals surface area contributed by atoms with Gasteiger partial charge in [0.25, 0.3) is 0 Å². The molecule has 216 valence electrons. The highest BCUT2D eigenvalue weighted by Crippen LogP contribution is 2.43. The number of rotatable bonds is 13. The summed E-state index contributed by atoms with van der Waals surface area (Å²) in [7, 11) is 1.72. The van der Waals surface area contributed by atoms with Crippen molar-refractivity contribution < 1.29 is 14.3 Å². The van der Waals surface area contributed by atoms with Gasteiger partial charge in [-0.15, -0.1) is 10.2 Å². The van der Waals surface area contributed by atoms with Crippen molar-refractivity contribution in [1.29, 1.82) is 0 Å². The highest BCUT2D eigenvalue weighted by molar-refractivity contribution is 5.69. The number of piperazine rings is 1. The highest BCUT2D eigenvalue weighted by atomic mass is 16.5. The summed E-state index contributed by atoms with van der Waals surface area (Å²) in [6.07, 6.45) is 3.58. The highest BCUT2D eigenvalue weighted by Gasteiger charge is 2.44. The van der Waals surface area contributed by atoms with Gasteiger partial charge in [0.2, 0.25) is 5.66 Å². The number of nitrogens with zero attached hydrogens (tertiary/aromatic N) is 5. The molecule has 4 rings (SSSR count). The Hall–Kier alpha value is -3.17. The molecule has 0 spiro atoms. The fraction of sp³-hybridized carbons (Fsp3) is 0.581. The second-order valence-electron chi connectivity index (χ2n) is 11.1. The molecular weight excluding hydrogens is 504 g/mol. The van der Waals surface area contributed by atoms with Crippen molar-refractivity contribution >= 4 is 5.97 Å². The van der Waals surface area contributed by atoms with Gasteiger partial charge in [-0.2, -0.15) is 0 Å². The molecule has 2 aliphatic rings. The molecule has 0 saturated carbocycles. The Kier molecular flexibility index (Phi) is 10.0. The van der Waals surface area contributed by atoms with Crippen molar-refractivity contribution in [3.63, 3.8) is 0 Å². The molecule has 3 atom stereocenters. The van der Waals surface area contributed by atoms with Crippen LogP contribution >= 0.6 is 0 Å². The van der Waals surface area contributed by atoms with Crippen LogP contribution in [0.3, 0.4) is 0 Å². The lowest BCUT2D eigenvalue weighted by Gasteiger charge is -2.52. The van der Waals surface area contributed by atoms with E-state index in [-0.39, 0.29) is 17.4 Å². The maximum Gasteiger partial charge on any atom is 0.305 e. The van der Waals surface area contributed by atoms with E-state index in [2.05, 4.69) is 94.1 Å². The summed E-state index contributed by atoms with van der Waals surface area (Å²) in [5, 5.41) is 20.4. The van der Waals surface area contributed by atoms with Crippen LogP contribution in [-0.4, -0.2) is 55.8 Å². The van der Waals surface area contributed by atoms with Gasteiger partial charge < -0.3 is 14.8 Å². The van der Waals surface area contributed by atoms with Gasteiger partial charge in [-0.3, -0.25) is 9.69 Å². The van der Waals surface area contributed by atoms with Crippen LogP contribution in [0.25, 0.3) is 0 Å². The Balaban J connectivity index is 1.64. The van der Waals surface area contributed by atoms with Crippen molar-refractivity contribution in [2.24, 2.45) is 20.7 Å². The number of hydrogen-bond acceptors (Lipinski definition) is 9. The SMILES string of the molecule is CCCN1CC(C)NCC1(C)[C@H](c1ccc(C2(CCCCC(=O)OCC)N=NN=N2)cc1)c1cccc(OC)c1. The minimum Gasteiger partial charge on any atom is -0.497 e. The average Bonchev–Trinajstić information content (AvgIpc) is 3.44. The van der Waals surface area contributed by atoms with E-state index in [1.807, 2.05) is 13.0 Å². The largest absolute Gasteiger partial charge is 0.497 e. The standard InChI is InChI=1S/C31H44N6O3/c1-6-19-37-21-23(3)32-22-30(37,4)29(25-11-10-12-27(20-25)39-5)24-14-16-26(17-15-24)31(33-35-36-34-31)18-9-8-13-28(38)40-7-2/h10-12,14-17,20,23,29,32H,6-9,13,18-19,21-22H2,1-5H3/t23?,29-,30?/m1/s1. The molecule has 2 aliphatic heterocycles. The number of unbranched alkanes of at least 4 members (excludes halogenated alkanes) is 1. The zero-order valence-corrected chi connectivity index (χ0v) is 24.6. The van der Waals surface area contributed by atoms with Crippen molar-refractivity contribution in [2.45, 2.75) is 83.0 Å². The van der Waals surface area contributed by atoms with Crippen LogP contribution in [0.2, 0.25) is 0 Å². The van der Waals surface area contributed by atoms with Gasteiger partial charge in [0.1, 0.15) is 5.75 Å². The number of ether oxygens (including phenoxy) is 2. The first-order valence-electron chi connectivity index (χ1n) is 14.6. The lowest BCUT2D eigenvalue weighted by atomic mass is 9.73. The van der Waals surface area contributed by atoms with E-state index >= 15 is 0 Å². The number of hydrogen-bond donors (Lipinski definition) is 1. The molecule has 0 amide bonds. The van der Waals surface area contributed by atoms with Gasteiger partial charge in [0.05, 0.1) is 13.7 Å². The van der Waals surface area contributed by atoms with Gasteiger partial charge in [-0.25, -0.2) is 0 Å². The smallest absolute Gasteiger partial charge is 0.305 e. The fourth-order valence-electron chi connectivity index (χ4n) is 6.11. The van der Waals surface area contributed by atoms with Crippen molar-refractivity contribution in [2.75, 3.05) is 33.4 Å². The lowest BCUT2D eigenvalue weighted by molar-refractivity contribution is -0.143. The van der Waals surface area contributed by atoms with Gasteiger partial charge in [-0.1, -0.05) is 43.3 Å². The zero-order chi connectivity index (χ0) is 28.6. The summed E-state index contributed by atoms with van der Waals surface area (Å²) in [5.74, 6) is 0.794. The van der Waals surface area contributed by atoms with Gasteiger partial charge in [0, 0.05) is 49.0 Å². The van der Waals surface area contributed by atoms with Crippen LogP contribution in [0.5, 0.6) is 5.75 Å². The molecule has 1 N–H and O–H groups in total. The summed E-state index contributed by atoms with van der Waals surface area (Å²) < 4.78 is 10.7. The summed E-state index contributed by atoms with van der Waals surface area (Å²) in [4.78, 5) is 14.4. The average molecular weight is 549 g/mol. The number of carbonyl (C=O) groups excluding carboxylic acids is 1. The number of benzene rings is 2. The molecule has 0 radical (unpaired) electrons. The number of carbonyl (C=O) groups is 1. The Morgan fingerprint density at radius 1 is 1.10 bits per heavy atom. The molecule has 0 bridgehead atoms. The molecule has 9 heteroatoms. The third kappa shape index (κ3) is 6.58. The second kappa shape index (κ2) is 13.5. The third-order valence-corrected chi connectivity index (χ3v) is 8.20. The molecule has 2 unspecified atom stereocenters. The molecule has 1 saturated heterocycles. The Morgan fingerprint density at radius 3 is 2.52 bits per heavy atom. The summed E-state index contributed by atoms with van der Waals surface area (Å²) in [6.45, 7) is 12.0. The van der Waals surface area contributed by atoms with Crippen molar-refractivity contribution in [3.8, 4) is 5.75 Å². The third-order valence-electron chi connectivity index (χ3n) is 8.20. The van der Waals surface area contributed by atoms with Crippen LogP contribution in [0.4, 0.5) is 0 Å². The van der Waals surface area contributed by atoms with E-state index in [0.29, 0.717) is 31.9 Å². The maximum absolute atomic E-state index is 11.8. The molecule has 2 heterocycles. The van der Waals surface area contributed by atoms with E-state index in [1.54, 1.807) is 7.11 Å². The van der Waals surface area contributed by atoms with Crippen molar-refractivity contribution in [1.82, 2.24) is 10.2 Å². The summed E-state index contributed by atoms with van der Waals surface area (Å²) in [5.41, 5.74) is 2.40. The number of nitrogens with one attached hydrogen (secondary N) is 1. The molecule has 1 fully saturated rings. The fourth-order valence-corrected chi connectivity index (χ4v) is 6.11. The van der Waals surface area contributed by atoms with Crippen LogP contribution < -0.4 is 10.1 Å². The van der Waals surface area contributed by atoms with Crippen molar-refractivity contribution in [3.05, 3.63) is 65.2 Å². The van der Waals surface area contributed by atoms with E-state index in [4.69, 9.17) is 9.47 Å². The molecule has 40 heavy (non-hydrogen) atoms. The molecule has 0 aromatic heterocycles. The molecule has 2 aromatic carbocycles. The maximum atomic E-state index is 11.8.